The zero-order valence-corrected chi connectivity index (χ0v) is 13.0. The summed E-state index contributed by atoms with van der Waals surface area (Å²) < 4.78 is 3.12. The fourth-order valence-electron chi connectivity index (χ4n) is 2.10. The fraction of sp³-hybridized carbons (Fsp3) is 0.643. The smallest absolute Gasteiger partial charge is 0.0738 e. The molecule has 2 rings (SSSR count). The Morgan fingerprint density at radius 1 is 1.56 bits per heavy atom. The minimum absolute atomic E-state index is 0.813. The number of nitrogens with one attached hydrogen (secondary N) is 1. The van der Waals surface area contributed by atoms with Crippen LogP contribution in [-0.2, 0) is 13.5 Å². The summed E-state index contributed by atoms with van der Waals surface area (Å²) in [6, 6.07) is 0.813. The van der Waals surface area contributed by atoms with E-state index in [1.54, 1.807) is 0 Å². The number of aryl methyl sites for hydroxylation is 2. The van der Waals surface area contributed by atoms with Crippen molar-refractivity contribution in [1.82, 2.24) is 15.1 Å². The Morgan fingerprint density at radius 3 is 2.83 bits per heavy atom. The molecule has 0 radical (unpaired) electrons. The second kappa shape index (κ2) is 6.02. The van der Waals surface area contributed by atoms with Gasteiger partial charge in [-0.1, -0.05) is 11.6 Å². The third-order valence-electron chi connectivity index (χ3n) is 3.36. The molecule has 1 aliphatic carbocycles. The normalized spacial score (nSPS) is 16.3. The highest BCUT2D eigenvalue weighted by Gasteiger charge is 2.19. The number of hydrogen-bond acceptors (Lipinski definition) is 2. The number of rotatable bonds is 6. The highest BCUT2D eigenvalue weighted by molar-refractivity contribution is 9.10. The van der Waals surface area contributed by atoms with Gasteiger partial charge < -0.3 is 5.32 Å². The van der Waals surface area contributed by atoms with Crippen LogP contribution in [0.4, 0.5) is 0 Å². The van der Waals surface area contributed by atoms with Crippen molar-refractivity contribution in [1.29, 1.82) is 0 Å². The van der Waals surface area contributed by atoms with Crippen LogP contribution in [0.15, 0.2) is 16.1 Å². The van der Waals surface area contributed by atoms with Gasteiger partial charge in [-0.05, 0) is 55.6 Å². The second-order valence-corrected chi connectivity index (χ2v) is 6.01. The van der Waals surface area contributed by atoms with Gasteiger partial charge in [-0.2, -0.15) is 5.10 Å². The van der Waals surface area contributed by atoms with E-state index < -0.39 is 0 Å². The molecular weight excluding hydrogens is 290 g/mol. The summed E-state index contributed by atoms with van der Waals surface area (Å²) >= 11 is 3.62. The summed E-state index contributed by atoms with van der Waals surface area (Å²) in [7, 11) is 2.01. The molecule has 1 fully saturated rings. The molecule has 1 aromatic rings. The van der Waals surface area contributed by atoms with E-state index in [0.717, 1.165) is 35.6 Å². The molecule has 3 nitrogen and oxygen atoms in total. The van der Waals surface area contributed by atoms with Gasteiger partial charge in [0, 0.05) is 19.5 Å². The van der Waals surface area contributed by atoms with E-state index in [9.17, 15) is 0 Å². The SMILES string of the molecule is CC(=CCCNC1CC1)Cc1c(Br)c(C)nn1C. The van der Waals surface area contributed by atoms with Gasteiger partial charge in [0.15, 0.2) is 0 Å². The lowest BCUT2D eigenvalue weighted by Gasteiger charge is -2.04. The molecule has 0 aliphatic heterocycles. The number of allylic oxidation sites excluding steroid dienone is 1. The molecule has 0 spiro atoms. The first-order valence-electron chi connectivity index (χ1n) is 6.65. The number of hydrogen-bond donors (Lipinski definition) is 1. The first-order chi connectivity index (χ1) is 8.58. The van der Waals surface area contributed by atoms with Crippen molar-refractivity contribution in [2.75, 3.05) is 6.54 Å². The van der Waals surface area contributed by atoms with Crippen LogP contribution < -0.4 is 5.32 Å². The first-order valence-corrected chi connectivity index (χ1v) is 7.44. The lowest BCUT2D eigenvalue weighted by atomic mass is 10.1. The van der Waals surface area contributed by atoms with Crippen molar-refractivity contribution in [3.05, 3.63) is 27.5 Å². The summed E-state index contributed by atoms with van der Waals surface area (Å²) in [6.07, 6.45) is 7.16. The quantitative estimate of drug-likeness (QED) is 0.646. The molecule has 1 aromatic heterocycles. The van der Waals surface area contributed by atoms with E-state index >= 15 is 0 Å². The van der Waals surface area contributed by atoms with Gasteiger partial charge in [0.25, 0.3) is 0 Å². The summed E-state index contributed by atoms with van der Waals surface area (Å²) in [5.41, 5.74) is 3.74. The van der Waals surface area contributed by atoms with E-state index in [2.05, 4.69) is 39.3 Å². The monoisotopic (exact) mass is 311 g/mol. The summed E-state index contributed by atoms with van der Waals surface area (Å²) in [4.78, 5) is 0. The Bertz CT molecular complexity index is 444. The maximum atomic E-state index is 4.42. The Morgan fingerprint density at radius 2 is 2.28 bits per heavy atom. The van der Waals surface area contributed by atoms with Gasteiger partial charge in [-0.25, -0.2) is 0 Å². The molecule has 0 saturated heterocycles. The third kappa shape index (κ3) is 3.69. The highest BCUT2D eigenvalue weighted by atomic mass is 79.9. The molecule has 1 saturated carbocycles. The van der Waals surface area contributed by atoms with E-state index in [1.165, 1.54) is 24.1 Å². The summed E-state index contributed by atoms with van der Waals surface area (Å²) in [6.45, 7) is 5.34. The van der Waals surface area contributed by atoms with Crippen molar-refractivity contribution in [2.45, 2.75) is 45.6 Å². The minimum Gasteiger partial charge on any atom is -0.314 e. The van der Waals surface area contributed by atoms with Gasteiger partial charge in [-0.3, -0.25) is 4.68 Å². The van der Waals surface area contributed by atoms with E-state index in [0.29, 0.717) is 0 Å². The molecule has 1 aliphatic rings. The van der Waals surface area contributed by atoms with Crippen LogP contribution in [0.1, 0.15) is 37.6 Å². The van der Waals surface area contributed by atoms with Crippen LogP contribution in [-0.4, -0.2) is 22.4 Å². The molecule has 100 valence electrons. The molecular formula is C14H22BrN3. The highest BCUT2D eigenvalue weighted by Crippen LogP contribution is 2.23. The van der Waals surface area contributed by atoms with Crippen molar-refractivity contribution in [2.24, 2.45) is 7.05 Å². The van der Waals surface area contributed by atoms with Gasteiger partial charge in [0.1, 0.15) is 0 Å². The van der Waals surface area contributed by atoms with Gasteiger partial charge in [0.2, 0.25) is 0 Å². The van der Waals surface area contributed by atoms with Crippen LogP contribution in [0.3, 0.4) is 0 Å². The maximum Gasteiger partial charge on any atom is 0.0738 e. The van der Waals surface area contributed by atoms with Crippen LogP contribution in [0, 0.1) is 6.92 Å². The van der Waals surface area contributed by atoms with Crippen molar-refractivity contribution in [3.8, 4) is 0 Å². The summed E-state index contributed by atoms with van der Waals surface area (Å²) in [5, 5.41) is 7.95. The van der Waals surface area contributed by atoms with Gasteiger partial charge in [0.05, 0.1) is 15.9 Å². The molecule has 0 atom stereocenters. The van der Waals surface area contributed by atoms with Crippen LogP contribution in [0.2, 0.25) is 0 Å². The first kappa shape index (κ1) is 13.8. The average molecular weight is 312 g/mol. The zero-order valence-electron chi connectivity index (χ0n) is 11.5. The Hall–Kier alpha value is -0.610. The molecule has 4 heteroatoms. The lowest BCUT2D eigenvalue weighted by Crippen LogP contribution is -2.16. The molecule has 0 amide bonds. The largest absolute Gasteiger partial charge is 0.314 e. The minimum atomic E-state index is 0.813. The topological polar surface area (TPSA) is 29.9 Å². The summed E-state index contributed by atoms with van der Waals surface area (Å²) in [5.74, 6) is 0. The van der Waals surface area contributed by atoms with Gasteiger partial charge >= 0.3 is 0 Å². The molecule has 0 aromatic carbocycles. The van der Waals surface area contributed by atoms with Crippen molar-refractivity contribution in [3.63, 3.8) is 0 Å². The standard InChI is InChI=1S/C14H22BrN3/c1-10(5-4-8-16-12-6-7-12)9-13-14(15)11(2)17-18(13)3/h5,12,16H,4,6-9H2,1-3H3. The Kier molecular flexibility index (Phi) is 4.62. The van der Waals surface area contributed by atoms with E-state index in [1.807, 2.05) is 18.7 Å². The van der Waals surface area contributed by atoms with Crippen molar-refractivity contribution < 1.29 is 0 Å². The molecule has 1 heterocycles. The van der Waals surface area contributed by atoms with E-state index in [4.69, 9.17) is 0 Å². The zero-order chi connectivity index (χ0) is 13.1. The fourth-order valence-corrected chi connectivity index (χ4v) is 2.58. The van der Waals surface area contributed by atoms with Crippen LogP contribution in [0.25, 0.3) is 0 Å². The second-order valence-electron chi connectivity index (χ2n) is 5.21. The van der Waals surface area contributed by atoms with Crippen molar-refractivity contribution >= 4 is 15.9 Å². The van der Waals surface area contributed by atoms with Crippen LogP contribution in [0.5, 0.6) is 0 Å². The number of halogens is 1. The molecule has 1 N–H and O–H groups in total. The Labute approximate surface area is 118 Å². The maximum absolute atomic E-state index is 4.42. The average Bonchev–Trinajstić information content (AvgIpc) is 3.10. The number of aromatic nitrogens is 2. The number of nitrogens with zero attached hydrogens (tertiary/aromatic N) is 2. The van der Waals surface area contributed by atoms with Crippen LogP contribution >= 0.6 is 15.9 Å². The Balaban J connectivity index is 1.84. The molecule has 0 unspecified atom stereocenters. The predicted octanol–water partition coefficient (Wildman–Crippen LogP) is 3.12. The predicted molar refractivity (Wildman–Crippen MR) is 78.7 cm³/mol. The molecule has 18 heavy (non-hydrogen) atoms. The van der Waals surface area contributed by atoms with E-state index in [-0.39, 0.29) is 0 Å². The lowest BCUT2D eigenvalue weighted by molar-refractivity contribution is 0.686. The third-order valence-corrected chi connectivity index (χ3v) is 4.39. The van der Waals surface area contributed by atoms with Gasteiger partial charge in [-0.15, -0.1) is 0 Å². The molecule has 0 bridgehead atoms.